The minimum Gasteiger partial charge on any atom is -0.338 e. The first-order valence-electron chi connectivity index (χ1n) is 2.58. The molecule has 0 saturated heterocycles. The maximum absolute atomic E-state index is 5.19. The average Bonchev–Trinajstić information content (AvgIpc) is 2.34. The molecule has 0 atom stereocenters. The van der Waals surface area contributed by atoms with Gasteiger partial charge >= 0.3 is 0 Å². The maximum atomic E-state index is 5.19. The summed E-state index contributed by atoms with van der Waals surface area (Å²) in [5.41, 5.74) is 10.4. The molecule has 0 spiro atoms. The smallest absolute Gasteiger partial charge is 0.240 e. The molecule has 0 saturated carbocycles. The van der Waals surface area contributed by atoms with Gasteiger partial charge in [-0.1, -0.05) is 5.16 Å². The van der Waals surface area contributed by atoms with Gasteiger partial charge in [0, 0.05) is 0 Å². The summed E-state index contributed by atoms with van der Waals surface area (Å²) in [4.78, 5) is 3.82. The molecule has 1 rings (SSSR count). The Balaban J connectivity index is 2.74. The van der Waals surface area contributed by atoms with E-state index in [-0.39, 0.29) is 6.54 Å². The lowest BCUT2D eigenvalue weighted by Crippen LogP contribution is -2.00. The van der Waals surface area contributed by atoms with E-state index in [4.69, 9.17) is 11.5 Å². The predicted octanol–water partition coefficient (Wildman–Crippen LogP) is -1.01. The van der Waals surface area contributed by atoms with Crippen LogP contribution in [0.15, 0.2) is 4.52 Å². The van der Waals surface area contributed by atoms with Crippen LogP contribution in [0.3, 0.4) is 0 Å². The van der Waals surface area contributed by atoms with Crippen molar-refractivity contribution in [3.8, 4) is 0 Å². The second-order valence-electron chi connectivity index (χ2n) is 1.51. The molecule has 0 unspecified atom stereocenters. The van der Waals surface area contributed by atoms with Gasteiger partial charge in [-0.2, -0.15) is 4.98 Å². The van der Waals surface area contributed by atoms with E-state index in [1.165, 1.54) is 0 Å². The van der Waals surface area contributed by atoms with Crippen LogP contribution in [0.2, 0.25) is 0 Å². The van der Waals surface area contributed by atoms with Crippen molar-refractivity contribution in [2.24, 2.45) is 11.5 Å². The SMILES string of the molecule is NCc1noc(CN)n1. The summed E-state index contributed by atoms with van der Waals surface area (Å²) in [5, 5.41) is 3.51. The summed E-state index contributed by atoms with van der Waals surface area (Å²) in [5.74, 6) is 0.922. The van der Waals surface area contributed by atoms with Gasteiger partial charge in [0.2, 0.25) is 5.89 Å². The van der Waals surface area contributed by atoms with Crippen LogP contribution < -0.4 is 11.5 Å². The van der Waals surface area contributed by atoms with E-state index in [0.29, 0.717) is 18.3 Å². The van der Waals surface area contributed by atoms with Crippen LogP contribution in [0.5, 0.6) is 0 Å². The average molecular weight is 128 g/mol. The van der Waals surface area contributed by atoms with Gasteiger partial charge in [0.05, 0.1) is 13.1 Å². The zero-order valence-electron chi connectivity index (χ0n) is 4.87. The molecule has 0 aliphatic heterocycles. The van der Waals surface area contributed by atoms with E-state index in [2.05, 4.69) is 14.7 Å². The summed E-state index contributed by atoms with van der Waals surface area (Å²) in [6.45, 7) is 0.566. The normalized spacial score (nSPS) is 10.0. The molecule has 0 amide bonds. The van der Waals surface area contributed by atoms with Gasteiger partial charge in [0.15, 0.2) is 5.82 Å². The van der Waals surface area contributed by atoms with E-state index in [1.54, 1.807) is 0 Å². The highest BCUT2D eigenvalue weighted by Crippen LogP contribution is 1.92. The van der Waals surface area contributed by atoms with Crippen LogP contribution in [0.1, 0.15) is 11.7 Å². The molecule has 0 bridgehead atoms. The first kappa shape index (κ1) is 6.18. The Morgan fingerprint density at radius 1 is 1.33 bits per heavy atom. The minimum absolute atomic E-state index is 0.271. The quantitative estimate of drug-likeness (QED) is 0.532. The van der Waals surface area contributed by atoms with E-state index >= 15 is 0 Å². The lowest BCUT2D eigenvalue weighted by atomic mass is 10.6. The molecule has 0 fully saturated rings. The Morgan fingerprint density at radius 2 is 2.11 bits per heavy atom. The predicted molar refractivity (Wildman–Crippen MR) is 30.1 cm³/mol. The monoisotopic (exact) mass is 128 g/mol. The Labute approximate surface area is 52.0 Å². The fourth-order valence-electron chi connectivity index (χ4n) is 0.456. The number of hydrogen-bond acceptors (Lipinski definition) is 5. The molecule has 0 aromatic carbocycles. The number of rotatable bonds is 2. The van der Waals surface area contributed by atoms with E-state index in [9.17, 15) is 0 Å². The largest absolute Gasteiger partial charge is 0.338 e. The zero-order chi connectivity index (χ0) is 6.69. The van der Waals surface area contributed by atoms with Crippen LogP contribution in [0, 0.1) is 0 Å². The fourth-order valence-corrected chi connectivity index (χ4v) is 0.456. The van der Waals surface area contributed by atoms with Crippen molar-refractivity contribution in [2.75, 3.05) is 0 Å². The molecule has 1 aromatic heterocycles. The van der Waals surface area contributed by atoms with Gasteiger partial charge in [-0.15, -0.1) is 0 Å². The van der Waals surface area contributed by atoms with Crippen LogP contribution >= 0.6 is 0 Å². The van der Waals surface area contributed by atoms with Gasteiger partial charge in [-0.25, -0.2) is 0 Å². The highest BCUT2D eigenvalue weighted by Gasteiger charge is 1.99. The summed E-state index contributed by atoms with van der Waals surface area (Å²) in [6.07, 6.45) is 0. The van der Waals surface area contributed by atoms with Gasteiger partial charge in [0.25, 0.3) is 0 Å². The molecule has 1 aromatic rings. The molecule has 50 valence electrons. The molecule has 0 aliphatic rings. The van der Waals surface area contributed by atoms with Crippen LogP contribution in [-0.2, 0) is 13.1 Å². The molecule has 5 nitrogen and oxygen atoms in total. The van der Waals surface area contributed by atoms with Gasteiger partial charge in [0.1, 0.15) is 0 Å². The van der Waals surface area contributed by atoms with Crippen molar-refractivity contribution in [1.29, 1.82) is 0 Å². The molecular formula is C4H8N4O. The lowest BCUT2D eigenvalue weighted by molar-refractivity contribution is 0.375. The summed E-state index contributed by atoms with van der Waals surface area (Å²) >= 11 is 0. The Bertz CT molecular complexity index is 166. The molecule has 0 radical (unpaired) electrons. The summed E-state index contributed by atoms with van der Waals surface area (Å²) in [7, 11) is 0. The third-order valence-electron chi connectivity index (χ3n) is 0.867. The van der Waals surface area contributed by atoms with Crippen molar-refractivity contribution >= 4 is 0 Å². The Hall–Kier alpha value is -0.940. The zero-order valence-corrected chi connectivity index (χ0v) is 4.87. The molecule has 9 heavy (non-hydrogen) atoms. The van der Waals surface area contributed by atoms with E-state index in [0.717, 1.165) is 0 Å². The Morgan fingerprint density at radius 3 is 2.44 bits per heavy atom. The fraction of sp³-hybridized carbons (Fsp3) is 0.500. The van der Waals surface area contributed by atoms with E-state index < -0.39 is 0 Å². The summed E-state index contributed by atoms with van der Waals surface area (Å²) in [6, 6.07) is 0. The highest BCUT2D eigenvalue weighted by molar-refractivity contribution is 4.83. The Kier molecular flexibility index (Phi) is 1.76. The molecule has 5 heteroatoms. The maximum Gasteiger partial charge on any atom is 0.240 e. The third-order valence-corrected chi connectivity index (χ3v) is 0.867. The molecule has 4 N–H and O–H groups in total. The van der Waals surface area contributed by atoms with E-state index in [1.807, 2.05) is 0 Å². The lowest BCUT2D eigenvalue weighted by Gasteiger charge is -1.78. The first-order valence-corrected chi connectivity index (χ1v) is 2.58. The van der Waals surface area contributed by atoms with Crippen molar-refractivity contribution in [2.45, 2.75) is 13.1 Å². The standard InChI is InChI=1S/C4H8N4O/c5-1-3-7-4(2-6)9-8-3/h1-2,5-6H2. The van der Waals surface area contributed by atoms with Crippen LogP contribution in [0.4, 0.5) is 0 Å². The second kappa shape index (κ2) is 2.56. The summed E-state index contributed by atoms with van der Waals surface area (Å²) < 4.78 is 4.64. The van der Waals surface area contributed by atoms with Crippen molar-refractivity contribution < 1.29 is 4.52 Å². The molecule has 1 heterocycles. The van der Waals surface area contributed by atoms with Crippen molar-refractivity contribution in [1.82, 2.24) is 10.1 Å². The van der Waals surface area contributed by atoms with Crippen LogP contribution in [-0.4, -0.2) is 10.1 Å². The third kappa shape index (κ3) is 1.24. The van der Waals surface area contributed by atoms with Crippen LogP contribution in [0.25, 0.3) is 0 Å². The first-order chi connectivity index (χ1) is 4.36. The number of nitrogens with zero attached hydrogens (tertiary/aromatic N) is 2. The number of nitrogens with two attached hydrogens (primary N) is 2. The van der Waals surface area contributed by atoms with Gasteiger partial charge in [-0.3, -0.25) is 0 Å². The molecular weight excluding hydrogens is 120 g/mol. The van der Waals surface area contributed by atoms with Gasteiger partial charge < -0.3 is 16.0 Å². The number of hydrogen-bond donors (Lipinski definition) is 2. The number of aromatic nitrogens is 2. The second-order valence-corrected chi connectivity index (χ2v) is 1.51. The topological polar surface area (TPSA) is 91.0 Å². The highest BCUT2D eigenvalue weighted by atomic mass is 16.5. The van der Waals surface area contributed by atoms with Crippen molar-refractivity contribution in [3.05, 3.63) is 11.7 Å². The molecule has 0 aliphatic carbocycles. The van der Waals surface area contributed by atoms with Crippen molar-refractivity contribution in [3.63, 3.8) is 0 Å². The van der Waals surface area contributed by atoms with Gasteiger partial charge in [-0.05, 0) is 0 Å². The minimum atomic E-state index is 0.271.